The summed E-state index contributed by atoms with van der Waals surface area (Å²) in [7, 11) is 0. The number of amides is 1. The van der Waals surface area contributed by atoms with Crippen LogP contribution >= 0.6 is 0 Å². The lowest BCUT2D eigenvalue weighted by Crippen LogP contribution is -2.32. The summed E-state index contributed by atoms with van der Waals surface area (Å²) < 4.78 is 11.5. The Morgan fingerprint density at radius 1 is 1.39 bits per heavy atom. The number of carbonyl (C=O) groups is 1. The van der Waals surface area contributed by atoms with Crippen molar-refractivity contribution in [2.24, 2.45) is 5.92 Å². The molecule has 8 nitrogen and oxygen atoms in total. The van der Waals surface area contributed by atoms with Crippen molar-refractivity contribution in [3.63, 3.8) is 0 Å². The van der Waals surface area contributed by atoms with Crippen LogP contribution in [0.3, 0.4) is 0 Å². The summed E-state index contributed by atoms with van der Waals surface area (Å²) in [6.07, 6.45) is 4.67. The number of fused-ring (bicyclic) bond motifs is 1. The summed E-state index contributed by atoms with van der Waals surface area (Å²) in [6.45, 7) is 3.08. The van der Waals surface area contributed by atoms with E-state index in [9.17, 15) is 4.79 Å². The van der Waals surface area contributed by atoms with Crippen LogP contribution in [0.1, 0.15) is 28.7 Å². The number of carbonyl (C=O) groups excluding carboxylic acids is 1. The molecule has 2 aromatic rings. The standard InChI is InChI=1S/C15H17N5O3/c1-9-18-19-14(22-9)5-11-4-10-6-20(7-13(10)23-11)15(21)12-2-3-16-8-17-12/h2-3,8,10-11,13H,4-7H2,1H3/t10-,11+,13+/m1/s1. The van der Waals surface area contributed by atoms with Crippen molar-refractivity contribution in [2.75, 3.05) is 13.1 Å². The summed E-state index contributed by atoms with van der Waals surface area (Å²) in [4.78, 5) is 22.1. The van der Waals surface area contributed by atoms with Crippen LogP contribution in [0.4, 0.5) is 0 Å². The molecule has 23 heavy (non-hydrogen) atoms. The molecule has 120 valence electrons. The normalized spacial score (nSPS) is 26.5. The molecule has 2 fully saturated rings. The molecule has 3 atom stereocenters. The molecule has 0 aliphatic carbocycles. The molecule has 0 radical (unpaired) electrons. The van der Waals surface area contributed by atoms with Crippen molar-refractivity contribution in [1.82, 2.24) is 25.1 Å². The van der Waals surface area contributed by atoms with E-state index in [1.54, 1.807) is 19.2 Å². The molecule has 2 aliphatic rings. The molecule has 1 amide bonds. The fraction of sp³-hybridized carbons (Fsp3) is 0.533. The van der Waals surface area contributed by atoms with Gasteiger partial charge >= 0.3 is 0 Å². The van der Waals surface area contributed by atoms with Crippen LogP contribution in [-0.4, -0.2) is 56.3 Å². The van der Waals surface area contributed by atoms with Crippen molar-refractivity contribution in [3.05, 3.63) is 36.1 Å². The second-order valence-corrected chi connectivity index (χ2v) is 6.02. The number of aryl methyl sites for hydroxylation is 1. The van der Waals surface area contributed by atoms with Crippen molar-refractivity contribution in [1.29, 1.82) is 0 Å². The Morgan fingerprint density at radius 2 is 2.30 bits per heavy atom. The third-order valence-electron chi connectivity index (χ3n) is 4.37. The predicted octanol–water partition coefficient (Wildman–Crippen LogP) is 0.640. The molecular formula is C15H17N5O3. The molecule has 0 bridgehead atoms. The SMILES string of the molecule is Cc1nnc(C[C@@H]2C[C@@H]3CN(C(=O)c4ccncn4)C[C@@H]3O2)o1. The van der Waals surface area contributed by atoms with Crippen molar-refractivity contribution >= 4 is 5.91 Å². The first-order valence-corrected chi connectivity index (χ1v) is 7.69. The van der Waals surface area contributed by atoms with E-state index in [0.29, 0.717) is 42.9 Å². The Balaban J connectivity index is 1.36. The number of ether oxygens (including phenoxy) is 1. The quantitative estimate of drug-likeness (QED) is 0.820. The molecule has 0 N–H and O–H groups in total. The maximum atomic E-state index is 12.4. The van der Waals surface area contributed by atoms with Crippen LogP contribution in [0.2, 0.25) is 0 Å². The van der Waals surface area contributed by atoms with E-state index in [2.05, 4.69) is 20.2 Å². The fourth-order valence-electron chi connectivity index (χ4n) is 3.35. The van der Waals surface area contributed by atoms with Crippen LogP contribution < -0.4 is 0 Å². The number of hydrogen-bond donors (Lipinski definition) is 0. The minimum atomic E-state index is -0.0607. The Morgan fingerprint density at radius 3 is 3.00 bits per heavy atom. The van der Waals surface area contributed by atoms with Gasteiger partial charge in [0.25, 0.3) is 5.91 Å². The smallest absolute Gasteiger partial charge is 0.272 e. The zero-order valence-electron chi connectivity index (χ0n) is 12.8. The van der Waals surface area contributed by atoms with Gasteiger partial charge in [-0.2, -0.15) is 0 Å². The summed E-state index contributed by atoms with van der Waals surface area (Å²) >= 11 is 0. The minimum absolute atomic E-state index is 0.0607. The zero-order chi connectivity index (χ0) is 15.8. The van der Waals surface area contributed by atoms with E-state index >= 15 is 0 Å². The van der Waals surface area contributed by atoms with Crippen LogP contribution in [0.15, 0.2) is 23.0 Å². The number of rotatable bonds is 3. The Kier molecular flexibility index (Phi) is 3.53. The number of likely N-dealkylation sites (tertiary alicyclic amines) is 1. The third-order valence-corrected chi connectivity index (χ3v) is 4.37. The van der Waals surface area contributed by atoms with Gasteiger partial charge in [0.05, 0.1) is 18.6 Å². The predicted molar refractivity (Wildman–Crippen MR) is 77.4 cm³/mol. The highest BCUT2D eigenvalue weighted by Gasteiger charge is 2.44. The highest BCUT2D eigenvalue weighted by molar-refractivity contribution is 5.92. The van der Waals surface area contributed by atoms with E-state index < -0.39 is 0 Å². The molecule has 2 aromatic heterocycles. The third kappa shape index (κ3) is 2.81. The van der Waals surface area contributed by atoms with Gasteiger partial charge in [0.15, 0.2) is 0 Å². The zero-order valence-corrected chi connectivity index (χ0v) is 12.8. The Labute approximate surface area is 132 Å². The first kappa shape index (κ1) is 14.3. The number of aromatic nitrogens is 4. The molecule has 0 spiro atoms. The average Bonchev–Trinajstić information content (AvgIpc) is 3.22. The van der Waals surface area contributed by atoms with Crippen molar-refractivity contribution in [2.45, 2.75) is 32.0 Å². The topological polar surface area (TPSA) is 94.2 Å². The first-order valence-electron chi connectivity index (χ1n) is 7.69. The van der Waals surface area contributed by atoms with E-state index in [0.717, 1.165) is 6.42 Å². The van der Waals surface area contributed by atoms with Gasteiger partial charge in [0.1, 0.15) is 12.0 Å². The molecule has 2 saturated heterocycles. The molecule has 0 aromatic carbocycles. The second-order valence-electron chi connectivity index (χ2n) is 6.02. The molecular weight excluding hydrogens is 298 g/mol. The van der Waals surface area contributed by atoms with Gasteiger partial charge in [0.2, 0.25) is 11.8 Å². The van der Waals surface area contributed by atoms with Crippen LogP contribution in [0, 0.1) is 12.8 Å². The van der Waals surface area contributed by atoms with Gasteiger partial charge in [-0.05, 0) is 12.5 Å². The number of nitrogens with zero attached hydrogens (tertiary/aromatic N) is 5. The lowest BCUT2D eigenvalue weighted by molar-refractivity contribution is 0.0334. The summed E-state index contributed by atoms with van der Waals surface area (Å²) in [5.74, 6) is 1.48. The van der Waals surface area contributed by atoms with E-state index in [4.69, 9.17) is 9.15 Å². The monoisotopic (exact) mass is 315 g/mol. The lowest BCUT2D eigenvalue weighted by Gasteiger charge is -2.18. The highest BCUT2D eigenvalue weighted by atomic mass is 16.5. The average molecular weight is 315 g/mol. The van der Waals surface area contributed by atoms with E-state index in [-0.39, 0.29) is 18.1 Å². The molecule has 4 rings (SSSR count). The maximum absolute atomic E-state index is 12.4. The van der Waals surface area contributed by atoms with E-state index in [1.165, 1.54) is 6.33 Å². The van der Waals surface area contributed by atoms with Crippen LogP contribution in [0.25, 0.3) is 0 Å². The maximum Gasteiger partial charge on any atom is 0.272 e. The fourth-order valence-corrected chi connectivity index (χ4v) is 3.35. The lowest BCUT2D eigenvalue weighted by atomic mass is 10.0. The molecule has 0 saturated carbocycles. The Hall–Kier alpha value is -2.35. The largest absolute Gasteiger partial charge is 0.426 e. The van der Waals surface area contributed by atoms with Gasteiger partial charge in [-0.15, -0.1) is 10.2 Å². The second kappa shape index (κ2) is 5.69. The van der Waals surface area contributed by atoms with Gasteiger partial charge in [-0.1, -0.05) is 0 Å². The molecule has 4 heterocycles. The van der Waals surface area contributed by atoms with E-state index in [1.807, 2.05) is 4.90 Å². The minimum Gasteiger partial charge on any atom is -0.426 e. The molecule has 2 aliphatic heterocycles. The van der Waals surface area contributed by atoms with Gasteiger partial charge in [-0.3, -0.25) is 4.79 Å². The van der Waals surface area contributed by atoms with Crippen LogP contribution in [-0.2, 0) is 11.2 Å². The van der Waals surface area contributed by atoms with Gasteiger partial charge < -0.3 is 14.1 Å². The summed E-state index contributed by atoms with van der Waals surface area (Å²) in [5.41, 5.74) is 0.429. The summed E-state index contributed by atoms with van der Waals surface area (Å²) in [5, 5.41) is 7.84. The molecule has 0 unspecified atom stereocenters. The van der Waals surface area contributed by atoms with Crippen molar-refractivity contribution in [3.8, 4) is 0 Å². The van der Waals surface area contributed by atoms with Crippen LogP contribution in [0.5, 0.6) is 0 Å². The van der Waals surface area contributed by atoms with Crippen molar-refractivity contribution < 1.29 is 13.9 Å². The number of hydrogen-bond acceptors (Lipinski definition) is 7. The van der Waals surface area contributed by atoms with Gasteiger partial charge in [0, 0.05) is 32.1 Å². The van der Waals surface area contributed by atoms with Gasteiger partial charge in [-0.25, -0.2) is 9.97 Å². The summed E-state index contributed by atoms with van der Waals surface area (Å²) in [6, 6.07) is 1.64. The molecule has 8 heteroatoms. The first-order chi connectivity index (χ1) is 11.2. The highest BCUT2D eigenvalue weighted by Crippen LogP contribution is 2.34. The Bertz CT molecular complexity index is 690.